The molecule has 0 saturated carbocycles. The number of piperazine rings is 1. The van der Waals surface area contributed by atoms with Crippen molar-refractivity contribution in [3.8, 4) is 5.88 Å². The molecule has 0 radical (unpaired) electrons. The molecule has 8 heteroatoms. The summed E-state index contributed by atoms with van der Waals surface area (Å²) in [6, 6.07) is 7.62. The summed E-state index contributed by atoms with van der Waals surface area (Å²) in [6.45, 7) is 7.12. The van der Waals surface area contributed by atoms with Crippen molar-refractivity contribution in [2.24, 2.45) is 5.92 Å². The van der Waals surface area contributed by atoms with Crippen LogP contribution in [0.25, 0.3) is 0 Å². The van der Waals surface area contributed by atoms with Gasteiger partial charge in [0.2, 0.25) is 5.88 Å². The number of hydrogen-bond acceptors (Lipinski definition) is 7. The number of amides is 1. The zero-order valence-electron chi connectivity index (χ0n) is 17.1. The number of methoxy groups -OCH3 is 1. The molecule has 0 spiro atoms. The molecule has 8 nitrogen and oxygen atoms in total. The smallest absolute Gasteiger partial charge is 0.259 e. The lowest BCUT2D eigenvalue weighted by Gasteiger charge is -2.35. The highest BCUT2D eigenvalue weighted by atomic mass is 16.5. The summed E-state index contributed by atoms with van der Waals surface area (Å²) in [5.74, 6) is 2.94. The Labute approximate surface area is 171 Å². The monoisotopic (exact) mass is 396 g/mol. The van der Waals surface area contributed by atoms with Crippen LogP contribution in [0.15, 0.2) is 30.5 Å². The van der Waals surface area contributed by atoms with Crippen LogP contribution in [0.4, 0.5) is 11.6 Å². The molecular weight excluding hydrogens is 368 g/mol. The Kier molecular flexibility index (Phi) is 5.78. The van der Waals surface area contributed by atoms with E-state index in [0.29, 0.717) is 24.5 Å². The molecule has 1 amide bonds. The van der Waals surface area contributed by atoms with E-state index >= 15 is 0 Å². The minimum atomic E-state index is -0.0460. The summed E-state index contributed by atoms with van der Waals surface area (Å²) in [4.78, 5) is 23.3. The number of aromatic nitrogens is 3. The van der Waals surface area contributed by atoms with Crippen molar-refractivity contribution in [2.75, 3.05) is 56.2 Å². The second-order valence-corrected chi connectivity index (χ2v) is 7.76. The van der Waals surface area contributed by atoms with Gasteiger partial charge in [0.15, 0.2) is 11.6 Å². The molecular formula is C21H28N6O2. The van der Waals surface area contributed by atoms with E-state index in [1.807, 2.05) is 11.0 Å². The van der Waals surface area contributed by atoms with E-state index in [0.717, 1.165) is 43.7 Å². The SMILES string of the molecule is COc1ncccc1C(=O)N1CCN(c2ccc(N3CCC(C)CC3)nn2)CC1. The van der Waals surface area contributed by atoms with Crippen LogP contribution in [0.2, 0.25) is 0 Å². The molecule has 2 aliphatic rings. The Morgan fingerprint density at radius 1 is 0.966 bits per heavy atom. The Balaban J connectivity index is 1.35. The highest BCUT2D eigenvalue weighted by Gasteiger charge is 2.25. The summed E-state index contributed by atoms with van der Waals surface area (Å²) < 4.78 is 5.22. The summed E-state index contributed by atoms with van der Waals surface area (Å²) in [5.41, 5.74) is 0.503. The molecule has 4 heterocycles. The van der Waals surface area contributed by atoms with E-state index in [4.69, 9.17) is 4.74 Å². The molecule has 154 valence electrons. The van der Waals surface area contributed by atoms with E-state index in [2.05, 4.69) is 38.0 Å². The number of carbonyl (C=O) groups excluding carboxylic acids is 1. The average Bonchev–Trinajstić information content (AvgIpc) is 2.79. The average molecular weight is 396 g/mol. The van der Waals surface area contributed by atoms with Crippen molar-refractivity contribution in [1.29, 1.82) is 0 Å². The molecule has 2 saturated heterocycles. The van der Waals surface area contributed by atoms with Crippen LogP contribution in [0, 0.1) is 5.92 Å². The Morgan fingerprint density at radius 3 is 2.17 bits per heavy atom. The number of rotatable bonds is 4. The van der Waals surface area contributed by atoms with E-state index < -0.39 is 0 Å². The Morgan fingerprint density at radius 2 is 1.59 bits per heavy atom. The highest BCUT2D eigenvalue weighted by molar-refractivity contribution is 5.96. The Hall–Kier alpha value is -2.90. The number of hydrogen-bond donors (Lipinski definition) is 0. The third-order valence-electron chi connectivity index (χ3n) is 5.83. The molecule has 0 N–H and O–H groups in total. The van der Waals surface area contributed by atoms with Crippen LogP contribution in [-0.2, 0) is 0 Å². The van der Waals surface area contributed by atoms with Gasteiger partial charge in [-0.25, -0.2) is 4.98 Å². The predicted octanol–water partition coefficient (Wildman–Crippen LogP) is 2.08. The molecule has 2 fully saturated rings. The number of ether oxygens (including phenoxy) is 1. The lowest BCUT2D eigenvalue weighted by Crippen LogP contribution is -2.49. The normalized spacial score (nSPS) is 18.1. The van der Waals surface area contributed by atoms with Crippen molar-refractivity contribution in [2.45, 2.75) is 19.8 Å². The van der Waals surface area contributed by atoms with Crippen molar-refractivity contribution in [1.82, 2.24) is 20.1 Å². The predicted molar refractivity (Wildman–Crippen MR) is 112 cm³/mol. The number of carbonyl (C=O) groups is 1. The maximum Gasteiger partial charge on any atom is 0.259 e. The van der Waals surface area contributed by atoms with Crippen LogP contribution in [-0.4, -0.2) is 72.4 Å². The van der Waals surface area contributed by atoms with Gasteiger partial charge in [-0.05, 0) is 43.0 Å². The van der Waals surface area contributed by atoms with Gasteiger partial charge in [-0.15, -0.1) is 10.2 Å². The van der Waals surface area contributed by atoms with Crippen molar-refractivity contribution < 1.29 is 9.53 Å². The molecule has 2 aromatic rings. The second-order valence-electron chi connectivity index (χ2n) is 7.76. The fourth-order valence-corrected chi connectivity index (χ4v) is 3.92. The van der Waals surface area contributed by atoms with E-state index in [-0.39, 0.29) is 5.91 Å². The molecule has 4 rings (SSSR count). The molecule has 29 heavy (non-hydrogen) atoms. The van der Waals surface area contributed by atoms with Crippen LogP contribution < -0.4 is 14.5 Å². The van der Waals surface area contributed by atoms with Gasteiger partial charge in [-0.2, -0.15) is 0 Å². The first-order valence-electron chi connectivity index (χ1n) is 10.3. The van der Waals surface area contributed by atoms with Gasteiger partial charge < -0.3 is 19.4 Å². The van der Waals surface area contributed by atoms with Crippen LogP contribution >= 0.6 is 0 Å². The zero-order chi connectivity index (χ0) is 20.2. The van der Waals surface area contributed by atoms with Gasteiger partial charge in [-0.1, -0.05) is 6.92 Å². The van der Waals surface area contributed by atoms with Crippen LogP contribution in [0.1, 0.15) is 30.1 Å². The maximum absolute atomic E-state index is 12.8. The standard InChI is InChI=1S/C21H28N6O2/c1-16-7-10-25(11-8-16)18-5-6-19(24-23-18)26-12-14-27(15-13-26)21(28)17-4-3-9-22-20(17)29-2/h3-6,9,16H,7-8,10-15H2,1-2H3. The molecule has 2 aromatic heterocycles. The zero-order valence-corrected chi connectivity index (χ0v) is 17.1. The highest BCUT2D eigenvalue weighted by Crippen LogP contribution is 2.23. The second kappa shape index (κ2) is 8.63. The summed E-state index contributed by atoms with van der Waals surface area (Å²) in [6.07, 6.45) is 4.04. The molecule has 2 aliphatic heterocycles. The van der Waals surface area contributed by atoms with E-state index in [9.17, 15) is 4.79 Å². The lowest BCUT2D eigenvalue weighted by atomic mass is 9.99. The molecule has 0 aliphatic carbocycles. The topological polar surface area (TPSA) is 74.7 Å². The van der Waals surface area contributed by atoms with Crippen LogP contribution in [0.5, 0.6) is 5.88 Å². The van der Waals surface area contributed by atoms with Crippen molar-refractivity contribution in [3.63, 3.8) is 0 Å². The third kappa shape index (κ3) is 4.26. The molecule has 0 atom stereocenters. The lowest BCUT2D eigenvalue weighted by molar-refractivity contribution is 0.0742. The first-order chi connectivity index (χ1) is 14.2. The summed E-state index contributed by atoms with van der Waals surface area (Å²) >= 11 is 0. The Bertz CT molecular complexity index is 827. The van der Waals surface area contributed by atoms with Gasteiger partial charge in [-0.3, -0.25) is 4.79 Å². The maximum atomic E-state index is 12.8. The number of pyridine rings is 1. The first-order valence-corrected chi connectivity index (χ1v) is 10.3. The molecule has 0 bridgehead atoms. The van der Waals surface area contributed by atoms with E-state index in [1.54, 1.807) is 18.3 Å². The number of piperidine rings is 1. The number of anilines is 2. The summed E-state index contributed by atoms with van der Waals surface area (Å²) in [7, 11) is 1.53. The quantitative estimate of drug-likeness (QED) is 0.783. The van der Waals surface area contributed by atoms with Gasteiger partial charge in [0.1, 0.15) is 5.56 Å². The minimum Gasteiger partial charge on any atom is -0.480 e. The van der Waals surface area contributed by atoms with Crippen molar-refractivity contribution in [3.05, 3.63) is 36.0 Å². The fourth-order valence-electron chi connectivity index (χ4n) is 3.92. The van der Waals surface area contributed by atoms with Gasteiger partial charge in [0, 0.05) is 45.5 Å². The first kappa shape index (κ1) is 19.4. The summed E-state index contributed by atoms with van der Waals surface area (Å²) in [5, 5.41) is 8.91. The van der Waals surface area contributed by atoms with E-state index in [1.165, 1.54) is 20.0 Å². The molecule has 0 unspecified atom stereocenters. The van der Waals surface area contributed by atoms with Gasteiger partial charge >= 0.3 is 0 Å². The van der Waals surface area contributed by atoms with Gasteiger partial charge in [0.05, 0.1) is 7.11 Å². The van der Waals surface area contributed by atoms with Crippen molar-refractivity contribution >= 4 is 17.5 Å². The fraction of sp³-hybridized carbons (Fsp3) is 0.524. The number of nitrogens with zero attached hydrogens (tertiary/aromatic N) is 6. The van der Waals surface area contributed by atoms with Crippen LogP contribution in [0.3, 0.4) is 0 Å². The van der Waals surface area contributed by atoms with Gasteiger partial charge in [0.25, 0.3) is 5.91 Å². The largest absolute Gasteiger partial charge is 0.480 e. The molecule has 0 aromatic carbocycles. The minimum absolute atomic E-state index is 0.0460. The third-order valence-corrected chi connectivity index (χ3v) is 5.83.